The summed E-state index contributed by atoms with van der Waals surface area (Å²) >= 11 is 0. The van der Waals surface area contributed by atoms with Crippen LogP contribution < -0.4 is 9.62 Å². The SMILES string of the molecule is CN(c1cccc(C(=O)Nc2ccccc2F)c1)S(=O)(=O)c1ccccc1. The molecule has 0 saturated heterocycles. The zero-order valence-corrected chi connectivity index (χ0v) is 15.3. The molecule has 0 aliphatic rings. The molecule has 138 valence electrons. The molecule has 27 heavy (non-hydrogen) atoms. The van der Waals surface area contributed by atoms with Crippen molar-refractivity contribution < 1.29 is 17.6 Å². The molecule has 1 amide bonds. The van der Waals surface area contributed by atoms with E-state index in [0.717, 1.165) is 4.31 Å². The highest BCUT2D eigenvalue weighted by molar-refractivity contribution is 7.92. The maximum absolute atomic E-state index is 13.7. The third-order valence-corrected chi connectivity index (χ3v) is 5.80. The molecule has 0 aliphatic carbocycles. The van der Waals surface area contributed by atoms with E-state index in [-0.39, 0.29) is 16.1 Å². The number of hydrogen-bond donors (Lipinski definition) is 1. The Kier molecular flexibility index (Phi) is 5.23. The summed E-state index contributed by atoms with van der Waals surface area (Å²) in [4.78, 5) is 12.6. The minimum atomic E-state index is -3.76. The van der Waals surface area contributed by atoms with Gasteiger partial charge in [0.05, 0.1) is 16.3 Å². The molecule has 3 rings (SSSR count). The Labute approximate surface area is 157 Å². The normalized spacial score (nSPS) is 11.0. The number of benzene rings is 3. The maximum atomic E-state index is 13.7. The van der Waals surface area contributed by atoms with Crippen LogP contribution in [0.25, 0.3) is 0 Å². The third-order valence-electron chi connectivity index (χ3n) is 4.00. The molecule has 0 fully saturated rings. The van der Waals surface area contributed by atoms with Crippen molar-refractivity contribution >= 4 is 27.3 Å². The van der Waals surface area contributed by atoms with Crippen molar-refractivity contribution in [1.82, 2.24) is 0 Å². The van der Waals surface area contributed by atoms with E-state index in [1.54, 1.807) is 36.4 Å². The first-order valence-electron chi connectivity index (χ1n) is 8.09. The zero-order chi connectivity index (χ0) is 19.4. The van der Waals surface area contributed by atoms with E-state index in [4.69, 9.17) is 0 Å². The number of nitrogens with one attached hydrogen (secondary N) is 1. The van der Waals surface area contributed by atoms with Crippen LogP contribution >= 0.6 is 0 Å². The van der Waals surface area contributed by atoms with E-state index in [9.17, 15) is 17.6 Å². The van der Waals surface area contributed by atoms with Gasteiger partial charge in [-0.05, 0) is 42.5 Å². The average Bonchev–Trinajstić information content (AvgIpc) is 2.70. The molecule has 0 unspecified atom stereocenters. The third kappa shape index (κ3) is 3.98. The number of nitrogens with zero attached hydrogens (tertiary/aromatic N) is 1. The molecular formula is C20H17FN2O3S. The topological polar surface area (TPSA) is 66.5 Å². The molecule has 0 bridgehead atoms. The van der Waals surface area contributed by atoms with E-state index < -0.39 is 21.7 Å². The number of halogens is 1. The van der Waals surface area contributed by atoms with Gasteiger partial charge >= 0.3 is 0 Å². The van der Waals surface area contributed by atoms with Gasteiger partial charge in [-0.1, -0.05) is 36.4 Å². The Morgan fingerprint density at radius 3 is 2.30 bits per heavy atom. The number of sulfonamides is 1. The van der Waals surface area contributed by atoms with Crippen molar-refractivity contribution in [2.45, 2.75) is 4.90 Å². The number of carbonyl (C=O) groups is 1. The Morgan fingerprint density at radius 2 is 1.59 bits per heavy atom. The second-order valence-electron chi connectivity index (χ2n) is 5.77. The van der Waals surface area contributed by atoms with E-state index in [0.29, 0.717) is 5.69 Å². The lowest BCUT2D eigenvalue weighted by molar-refractivity contribution is 0.102. The van der Waals surface area contributed by atoms with Crippen LogP contribution in [0.3, 0.4) is 0 Å². The highest BCUT2D eigenvalue weighted by atomic mass is 32.2. The highest BCUT2D eigenvalue weighted by Gasteiger charge is 2.21. The molecule has 3 aromatic rings. The fourth-order valence-electron chi connectivity index (χ4n) is 2.49. The van der Waals surface area contributed by atoms with Crippen LogP contribution in [0.5, 0.6) is 0 Å². The molecule has 0 spiro atoms. The molecule has 0 heterocycles. The second kappa shape index (κ2) is 7.59. The number of rotatable bonds is 5. The van der Waals surface area contributed by atoms with Crippen LogP contribution in [-0.2, 0) is 10.0 Å². The molecule has 0 atom stereocenters. The monoisotopic (exact) mass is 384 g/mol. The quantitative estimate of drug-likeness (QED) is 0.725. The number of hydrogen-bond acceptors (Lipinski definition) is 3. The van der Waals surface area contributed by atoms with Crippen molar-refractivity contribution in [2.24, 2.45) is 0 Å². The summed E-state index contributed by atoms with van der Waals surface area (Å²) in [7, 11) is -2.35. The molecule has 0 aliphatic heterocycles. The summed E-state index contributed by atoms with van der Waals surface area (Å²) in [6.07, 6.45) is 0. The van der Waals surface area contributed by atoms with E-state index in [1.807, 2.05) is 0 Å². The van der Waals surface area contributed by atoms with E-state index in [1.165, 1.54) is 49.5 Å². The van der Waals surface area contributed by atoms with Gasteiger partial charge in [0.15, 0.2) is 0 Å². The predicted molar refractivity (Wildman–Crippen MR) is 103 cm³/mol. The molecule has 0 saturated carbocycles. The van der Waals surface area contributed by atoms with Crippen LogP contribution in [0.15, 0.2) is 83.8 Å². The van der Waals surface area contributed by atoms with Crippen LogP contribution in [-0.4, -0.2) is 21.4 Å². The van der Waals surface area contributed by atoms with Crippen molar-refractivity contribution in [3.63, 3.8) is 0 Å². The number of para-hydroxylation sites is 1. The fourth-order valence-corrected chi connectivity index (χ4v) is 3.70. The molecule has 0 aromatic heterocycles. The number of anilines is 2. The Balaban J connectivity index is 1.87. The van der Waals surface area contributed by atoms with Crippen LogP contribution in [0.4, 0.5) is 15.8 Å². The summed E-state index contributed by atoms with van der Waals surface area (Å²) in [6.45, 7) is 0. The van der Waals surface area contributed by atoms with Gasteiger partial charge < -0.3 is 5.32 Å². The number of carbonyl (C=O) groups excluding carboxylic acids is 1. The summed E-state index contributed by atoms with van der Waals surface area (Å²) in [5.74, 6) is -1.08. The maximum Gasteiger partial charge on any atom is 0.264 e. The van der Waals surface area contributed by atoms with Crippen molar-refractivity contribution in [1.29, 1.82) is 0 Å². The molecule has 3 aromatic carbocycles. The van der Waals surface area contributed by atoms with Crippen LogP contribution in [0.2, 0.25) is 0 Å². The fraction of sp³-hybridized carbons (Fsp3) is 0.0500. The summed E-state index contributed by atoms with van der Waals surface area (Å²) in [5, 5.41) is 2.48. The van der Waals surface area contributed by atoms with Gasteiger partial charge in [0.1, 0.15) is 5.82 Å². The van der Waals surface area contributed by atoms with E-state index >= 15 is 0 Å². The van der Waals surface area contributed by atoms with Crippen molar-refractivity contribution in [3.8, 4) is 0 Å². The largest absolute Gasteiger partial charge is 0.319 e. The van der Waals surface area contributed by atoms with Gasteiger partial charge in [-0.15, -0.1) is 0 Å². The minimum absolute atomic E-state index is 0.0539. The number of amides is 1. The van der Waals surface area contributed by atoms with Gasteiger partial charge in [0.2, 0.25) is 0 Å². The van der Waals surface area contributed by atoms with Gasteiger partial charge in [-0.2, -0.15) is 0 Å². The first-order chi connectivity index (χ1) is 12.9. The van der Waals surface area contributed by atoms with Crippen LogP contribution in [0, 0.1) is 5.82 Å². The predicted octanol–water partition coefficient (Wildman–Crippen LogP) is 3.90. The Morgan fingerprint density at radius 1 is 0.926 bits per heavy atom. The lowest BCUT2D eigenvalue weighted by Crippen LogP contribution is -2.26. The van der Waals surface area contributed by atoms with E-state index in [2.05, 4.69) is 5.32 Å². The minimum Gasteiger partial charge on any atom is -0.319 e. The smallest absolute Gasteiger partial charge is 0.264 e. The van der Waals surface area contributed by atoms with Crippen LogP contribution in [0.1, 0.15) is 10.4 Å². The summed E-state index contributed by atoms with van der Waals surface area (Å²) in [6, 6.07) is 20.0. The lowest BCUT2D eigenvalue weighted by Gasteiger charge is -2.20. The van der Waals surface area contributed by atoms with Gasteiger partial charge in [-0.3, -0.25) is 9.10 Å². The summed E-state index contributed by atoms with van der Waals surface area (Å²) in [5.41, 5.74) is 0.587. The zero-order valence-electron chi connectivity index (χ0n) is 14.5. The summed E-state index contributed by atoms with van der Waals surface area (Å²) < 4.78 is 40.3. The Bertz CT molecular complexity index is 1070. The molecule has 0 radical (unpaired) electrons. The van der Waals surface area contributed by atoms with Gasteiger partial charge in [-0.25, -0.2) is 12.8 Å². The molecule has 7 heteroatoms. The highest BCUT2D eigenvalue weighted by Crippen LogP contribution is 2.23. The lowest BCUT2D eigenvalue weighted by atomic mass is 10.2. The van der Waals surface area contributed by atoms with Crippen molar-refractivity contribution in [3.05, 3.63) is 90.2 Å². The molecule has 1 N–H and O–H groups in total. The first kappa shape index (κ1) is 18.6. The second-order valence-corrected chi connectivity index (χ2v) is 7.74. The molecule has 5 nitrogen and oxygen atoms in total. The average molecular weight is 384 g/mol. The Hall–Kier alpha value is -3.19. The first-order valence-corrected chi connectivity index (χ1v) is 9.53. The standard InChI is InChI=1S/C20H17FN2O3S/c1-23(27(25,26)17-10-3-2-4-11-17)16-9-7-8-15(14-16)20(24)22-19-13-6-5-12-18(19)21/h2-14H,1H3,(H,22,24). The van der Waals surface area contributed by atoms with Crippen molar-refractivity contribution in [2.75, 3.05) is 16.7 Å². The molecular weight excluding hydrogens is 367 g/mol. The van der Waals surface area contributed by atoms with Gasteiger partial charge in [0.25, 0.3) is 15.9 Å². The van der Waals surface area contributed by atoms with Gasteiger partial charge in [0, 0.05) is 12.6 Å².